The zero-order valence-corrected chi connectivity index (χ0v) is 55.9. The molecule has 0 radical (unpaired) electrons. The standard InChI is InChI=1S/C72H136NO8P/c1-6-8-10-12-14-16-18-20-22-24-26-27-28-29-30-31-32-33-34-35-36-37-38-39-40-41-42-43-44-45-47-49-51-53-55-57-59-61-63-65-72(75)81-70(69-80-82(76,77)79-67-66-73(3,4)5)68-78-71(74)64-62-60-58-56-54-52-50-48-46-25-23-21-19-17-15-13-11-9-7-2/h15,17-18,20-21,23-24,26,70H,6-14,16,19,22,25,27-69H2,1-5H3/p+1/b17-15-,20-18-,23-21-,26-24-. The van der Waals surface area contributed by atoms with E-state index < -0.39 is 26.5 Å². The van der Waals surface area contributed by atoms with E-state index in [1.807, 2.05) is 21.1 Å². The highest BCUT2D eigenvalue weighted by Gasteiger charge is 2.27. The molecule has 0 spiro atoms. The highest BCUT2D eigenvalue weighted by atomic mass is 31.2. The number of ether oxygens (including phenoxy) is 2. The number of phosphoric acid groups is 1. The molecule has 0 aliphatic carbocycles. The number of unbranched alkanes of at least 4 members (excludes halogenated alkanes) is 44. The number of allylic oxidation sites excluding steroid dienone is 8. The van der Waals surface area contributed by atoms with Crippen molar-refractivity contribution in [1.29, 1.82) is 0 Å². The molecule has 0 heterocycles. The molecule has 0 aromatic heterocycles. The van der Waals surface area contributed by atoms with Crippen LogP contribution in [-0.2, 0) is 32.7 Å². The maximum Gasteiger partial charge on any atom is 0.472 e. The molecular weight excluding hydrogens is 1040 g/mol. The van der Waals surface area contributed by atoms with Crippen molar-refractivity contribution in [3.63, 3.8) is 0 Å². The Hall–Kier alpha value is -2.03. The van der Waals surface area contributed by atoms with Gasteiger partial charge in [-0.2, -0.15) is 0 Å². The van der Waals surface area contributed by atoms with Crippen LogP contribution in [0.3, 0.4) is 0 Å². The number of quaternary nitrogens is 1. The van der Waals surface area contributed by atoms with Gasteiger partial charge in [-0.05, 0) is 77.0 Å². The van der Waals surface area contributed by atoms with Crippen LogP contribution in [-0.4, -0.2) is 74.9 Å². The molecule has 0 saturated carbocycles. The SMILES string of the molecule is CCCCC/C=C\C/C=C\CCCCCCCCCCCC(=O)OCC(COP(=O)(O)OCC[N+](C)(C)C)OC(=O)CCCCCCCCCCCCCCCCCCCCCCCCCCCCC/C=C\C/C=C\CCCCCCC. The van der Waals surface area contributed by atoms with Crippen molar-refractivity contribution < 1.29 is 42.1 Å². The Morgan fingerprint density at radius 3 is 0.988 bits per heavy atom. The number of esters is 2. The van der Waals surface area contributed by atoms with Gasteiger partial charge in [0.1, 0.15) is 19.8 Å². The van der Waals surface area contributed by atoms with E-state index in [1.165, 1.54) is 270 Å². The number of hydrogen-bond acceptors (Lipinski definition) is 7. The fourth-order valence-corrected chi connectivity index (χ4v) is 11.1. The monoisotopic (exact) mass is 1180 g/mol. The molecule has 9 nitrogen and oxygen atoms in total. The van der Waals surface area contributed by atoms with Crippen LogP contribution in [0.15, 0.2) is 48.6 Å². The summed E-state index contributed by atoms with van der Waals surface area (Å²) in [4.78, 5) is 35.8. The number of carbonyl (C=O) groups excluding carboxylic acids is 2. The molecule has 0 aliphatic rings. The predicted molar refractivity (Wildman–Crippen MR) is 353 cm³/mol. The Morgan fingerprint density at radius 1 is 0.378 bits per heavy atom. The maximum atomic E-state index is 12.9. The Morgan fingerprint density at radius 2 is 0.659 bits per heavy atom. The summed E-state index contributed by atoms with van der Waals surface area (Å²) < 4.78 is 34.7. The number of rotatable bonds is 66. The third-order valence-electron chi connectivity index (χ3n) is 15.8. The van der Waals surface area contributed by atoms with Crippen LogP contribution >= 0.6 is 7.82 Å². The third kappa shape index (κ3) is 67.1. The molecule has 82 heavy (non-hydrogen) atoms. The first-order chi connectivity index (χ1) is 40.0. The Bertz CT molecular complexity index is 1520. The van der Waals surface area contributed by atoms with Gasteiger partial charge in [0.25, 0.3) is 0 Å². The van der Waals surface area contributed by atoms with E-state index in [9.17, 15) is 19.0 Å². The zero-order valence-electron chi connectivity index (χ0n) is 55.0. The highest BCUT2D eigenvalue weighted by molar-refractivity contribution is 7.47. The lowest BCUT2D eigenvalue weighted by Crippen LogP contribution is -2.37. The van der Waals surface area contributed by atoms with E-state index in [-0.39, 0.29) is 32.0 Å². The highest BCUT2D eigenvalue weighted by Crippen LogP contribution is 2.43. The molecule has 0 bridgehead atoms. The van der Waals surface area contributed by atoms with Crippen LogP contribution in [0.2, 0.25) is 0 Å². The normalized spacial score (nSPS) is 13.4. The number of phosphoric ester groups is 1. The fourth-order valence-electron chi connectivity index (χ4n) is 10.4. The molecule has 10 heteroatoms. The van der Waals surface area contributed by atoms with Crippen LogP contribution in [0.4, 0.5) is 0 Å². The minimum atomic E-state index is -4.39. The van der Waals surface area contributed by atoms with Crippen molar-refractivity contribution in [2.45, 2.75) is 354 Å². The van der Waals surface area contributed by atoms with Crippen LogP contribution in [0.5, 0.6) is 0 Å². The smallest absolute Gasteiger partial charge is 0.462 e. The summed E-state index contributed by atoms with van der Waals surface area (Å²) in [6.07, 6.45) is 82.3. The van der Waals surface area contributed by atoms with E-state index in [2.05, 4.69) is 62.5 Å². The number of likely N-dealkylation sites (N-methyl/N-ethyl adjacent to an activating group) is 1. The largest absolute Gasteiger partial charge is 0.472 e. The number of nitrogens with zero attached hydrogens (tertiary/aromatic N) is 1. The molecule has 0 aromatic carbocycles. The van der Waals surface area contributed by atoms with Gasteiger partial charge in [0.05, 0.1) is 27.7 Å². The summed E-state index contributed by atoms with van der Waals surface area (Å²) in [7, 11) is 1.49. The summed E-state index contributed by atoms with van der Waals surface area (Å²) >= 11 is 0. The first kappa shape index (κ1) is 80.0. The number of hydrogen-bond donors (Lipinski definition) is 1. The molecule has 0 aromatic rings. The lowest BCUT2D eigenvalue weighted by Gasteiger charge is -2.24. The average Bonchev–Trinajstić information content (AvgIpc) is 3.44. The van der Waals surface area contributed by atoms with Gasteiger partial charge in [0.2, 0.25) is 0 Å². The Kier molecular flexibility index (Phi) is 61.9. The van der Waals surface area contributed by atoms with E-state index in [0.717, 1.165) is 44.9 Å². The van der Waals surface area contributed by atoms with Crippen molar-refractivity contribution in [3.05, 3.63) is 48.6 Å². The van der Waals surface area contributed by atoms with E-state index in [0.29, 0.717) is 17.4 Å². The topological polar surface area (TPSA) is 108 Å². The molecule has 0 fully saturated rings. The molecule has 0 amide bonds. The van der Waals surface area contributed by atoms with Gasteiger partial charge >= 0.3 is 19.8 Å². The van der Waals surface area contributed by atoms with E-state index in [1.54, 1.807) is 0 Å². The molecular formula is C72H137NO8P+. The Balaban J connectivity index is 3.91. The van der Waals surface area contributed by atoms with Gasteiger partial charge in [0, 0.05) is 12.8 Å². The van der Waals surface area contributed by atoms with Gasteiger partial charge in [0.15, 0.2) is 6.10 Å². The van der Waals surface area contributed by atoms with Gasteiger partial charge in [-0.15, -0.1) is 0 Å². The van der Waals surface area contributed by atoms with E-state index >= 15 is 0 Å². The molecule has 0 rings (SSSR count). The molecule has 2 atom stereocenters. The quantitative estimate of drug-likeness (QED) is 0.0211. The van der Waals surface area contributed by atoms with Crippen molar-refractivity contribution in [2.24, 2.45) is 0 Å². The summed E-state index contributed by atoms with van der Waals surface area (Å²) in [5.41, 5.74) is 0. The molecule has 0 aliphatic heterocycles. The first-order valence-electron chi connectivity index (χ1n) is 35.4. The molecule has 1 N–H and O–H groups in total. The third-order valence-corrected chi connectivity index (χ3v) is 16.8. The van der Waals surface area contributed by atoms with Gasteiger partial charge in [-0.1, -0.05) is 306 Å². The minimum Gasteiger partial charge on any atom is -0.462 e. The van der Waals surface area contributed by atoms with E-state index in [4.69, 9.17) is 18.5 Å². The van der Waals surface area contributed by atoms with Gasteiger partial charge in [-0.25, -0.2) is 4.57 Å². The summed E-state index contributed by atoms with van der Waals surface area (Å²) in [6.45, 7) is 4.44. The number of carbonyl (C=O) groups is 2. The Labute approximate surface area is 509 Å². The second-order valence-corrected chi connectivity index (χ2v) is 26.7. The zero-order chi connectivity index (χ0) is 59.8. The van der Waals surface area contributed by atoms with Gasteiger partial charge < -0.3 is 18.9 Å². The minimum absolute atomic E-state index is 0.0326. The van der Waals surface area contributed by atoms with Crippen molar-refractivity contribution in [3.8, 4) is 0 Å². The fraction of sp³-hybridized carbons (Fsp3) is 0.861. The molecule has 482 valence electrons. The van der Waals surface area contributed by atoms with Gasteiger partial charge in [-0.3, -0.25) is 18.6 Å². The van der Waals surface area contributed by atoms with Crippen LogP contribution in [0, 0.1) is 0 Å². The van der Waals surface area contributed by atoms with Crippen LogP contribution in [0.25, 0.3) is 0 Å². The van der Waals surface area contributed by atoms with Crippen LogP contribution < -0.4 is 0 Å². The molecule has 2 unspecified atom stereocenters. The lowest BCUT2D eigenvalue weighted by atomic mass is 10.0. The van der Waals surface area contributed by atoms with Crippen molar-refractivity contribution in [1.82, 2.24) is 0 Å². The first-order valence-corrected chi connectivity index (χ1v) is 36.9. The second kappa shape index (κ2) is 63.5. The summed E-state index contributed by atoms with van der Waals surface area (Å²) in [5, 5.41) is 0. The molecule has 0 saturated heterocycles. The second-order valence-electron chi connectivity index (χ2n) is 25.3. The maximum absolute atomic E-state index is 12.9. The van der Waals surface area contributed by atoms with Crippen LogP contribution in [0.1, 0.15) is 348 Å². The lowest BCUT2D eigenvalue weighted by molar-refractivity contribution is -0.870. The van der Waals surface area contributed by atoms with Crippen molar-refractivity contribution >= 4 is 19.8 Å². The predicted octanol–water partition coefficient (Wildman–Crippen LogP) is 22.8. The average molecular weight is 1180 g/mol. The van der Waals surface area contributed by atoms with Crippen molar-refractivity contribution in [2.75, 3.05) is 47.5 Å². The summed E-state index contributed by atoms with van der Waals surface area (Å²) in [6, 6.07) is 0. The summed E-state index contributed by atoms with van der Waals surface area (Å²) in [5.74, 6) is -0.786.